The highest BCUT2D eigenvalue weighted by molar-refractivity contribution is 5.73. The van der Waals surface area contributed by atoms with Crippen LogP contribution in [-0.4, -0.2) is 22.3 Å². The van der Waals surface area contributed by atoms with E-state index in [-0.39, 0.29) is 5.76 Å². The van der Waals surface area contributed by atoms with Crippen molar-refractivity contribution in [2.24, 2.45) is 5.73 Å². The van der Waals surface area contributed by atoms with Gasteiger partial charge in [-0.25, -0.2) is 4.79 Å². The summed E-state index contributed by atoms with van der Waals surface area (Å²) >= 11 is 0. The van der Waals surface area contributed by atoms with Gasteiger partial charge >= 0.3 is 5.97 Å². The lowest BCUT2D eigenvalue weighted by Crippen LogP contribution is -2.32. The van der Waals surface area contributed by atoms with Crippen LogP contribution in [-0.2, 0) is 4.79 Å². The molecule has 4 N–H and O–H groups in total. The number of aliphatic carboxylic acids is 1. The molecule has 0 radical (unpaired) electrons. The van der Waals surface area contributed by atoms with Crippen molar-refractivity contribution in [1.29, 1.82) is 0 Å². The van der Waals surface area contributed by atoms with Gasteiger partial charge in [-0.1, -0.05) is 0 Å². The van der Waals surface area contributed by atoms with Gasteiger partial charge in [0.05, 0.1) is 6.26 Å². The Balaban J connectivity index is 2.71. The summed E-state index contributed by atoms with van der Waals surface area (Å²) in [5.74, 6) is -1.11. The second-order valence-electron chi connectivity index (χ2n) is 2.32. The molecular formula is C7H9NO4. The van der Waals surface area contributed by atoms with Crippen LogP contribution in [0, 0.1) is 0 Å². The van der Waals surface area contributed by atoms with Gasteiger partial charge in [0.25, 0.3) is 0 Å². The lowest BCUT2D eigenvalue weighted by atomic mass is 10.1. The van der Waals surface area contributed by atoms with E-state index in [9.17, 15) is 4.79 Å². The van der Waals surface area contributed by atoms with Crippen LogP contribution in [0.1, 0.15) is 11.8 Å². The van der Waals surface area contributed by atoms with Crippen molar-refractivity contribution in [1.82, 2.24) is 0 Å². The van der Waals surface area contributed by atoms with Crippen molar-refractivity contribution in [2.75, 3.05) is 0 Å². The Morgan fingerprint density at radius 1 is 1.67 bits per heavy atom. The van der Waals surface area contributed by atoms with Gasteiger partial charge in [-0.05, 0) is 12.1 Å². The van der Waals surface area contributed by atoms with E-state index in [1.165, 1.54) is 12.3 Å². The van der Waals surface area contributed by atoms with Crippen molar-refractivity contribution in [3.63, 3.8) is 0 Å². The Bertz CT molecular complexity index is 256. The number of carboxylic acid groups (broad SMARTS) is 1. The summed E-state index contributed by atoms with van der Waals surface area (Å²) in [4.78, 5) is 10.3. The largest absolute Gasteiger partial charge is 0.479 e. The average Bonchev–Trinajstić information content (AvgIpc) is 2.53. The molecular weight excluding hydrogens is 162 g/mol. The lowest BCUT2D eigenvalue weighted by Gasteiger charge is -2.11. The number of aliphatic hydroxyl groups is 1. The third kappa shape index (κ3) is 1.63. The van der Waals surface area contributed by atoms with E-state index in [1.807, 2.05) is 0 Å². The van der Waals surface area contributed by atoms with E-state index < -0.39 is 18.1 Å². The Kier molecular flexibility index (Phi) is 2.47. The summed E-state index contributed by atoms with van der Waals surface area (Å²) in [6, 6.07) is 2.07. The molecule has 0 saturated heterocycles. The minimum absolute atomic E-state index is 0.255. The number of hydrogen-bond acceptors (Lipinski definition) is 4. The summed E-state index contributed by atoms with van der Waals surface area (Å²) in [6.45, 7) is 0. The number of rotatable bonds is 3. The van der Waals surface area contributed by atoms with Gasteiger partial charge in [-0.15, -0.1) is 0 Å². The normalized spacial score (nSPS) is 15.5. The quantitative estimate of drug-likeness (QED) is 0.581. The molecule has 0 fully saturated rings. The molecule has 1 aromatic heterocycles. The van der Waals surface area contributed by atoms with Gasteiger partial charge in [0, 0.05) is 0 Å². The van der Waals surface area contributed by atoms with Crippen LogP contribution in [0.5, 0.6) is 0 Å². The molecule has 12 heavy (non-hydrogen) atoms. The molecule has 0 amide bonds. The number of aliphatic hydroxyl groups excluding tert-OH is 1. The first-order chi connectivity index (χ1) is 5.63. The maximum absolute atomic E-state index is 10.3. The van der Waals surface area contributed by atoms with Gasteiger partial charge in [0.15, 0.2) is 6.10 Å². The van der Waals surface area contributed by atoms with E-state index in [4.69, 9.17) is 20.4 Å². The van der Waals surface area contributed by atoms with Crippen molar-refractivity contribution in [3.8, 4) is 0 Å². The summed E-state index contributed by atoms with van der Waals surface area (Å²) in [7, 11) is 0. The second kappa shape index (κ2) is 3.38. The lowest BCUT2D eigenvalue weighted by molar-refractivity contribution is -0.148. The number of furan rings is 1. The third-order valence-electron chi connectivity index (χ3n) is 1.46. The molecule has 0 saturated carbocycles. The first kappa shape index (κ1) is 8.76. The Hall–Kier alpha value is -1.33. The predicted molar refractivity (Wildman–Crippen MR) is 39.3 cm³/mol. The molecule has 0 aliphatic heterocycles. The van der Waals surface area contributed by atoms with Crippen molar-refractivity contribution >= 4 is 5.97 Å². The smallest absolute Gasteiger partial charge is 0.334 e. The Morgan fingerprint density at radius 3 is 2.75 bits per heavy atom. The zero-order chi connectivity index (χ0) is 9.14. The van der Waals surface area contributed by atoms with Gasteiger partial charge in [0.2, 0.25) is 0 Å². The zero-order valence-corrected chi connectivity index (χ0v) is 6.18. The van der Waals surface area contributed by atoms with Crippen LogP contribution < -0.4 is 5.73 Å². The maximum atomic E-state index is 10.3. The molecule has 0 spiro atoms. The molecule has 0 aliphatic rings. The molecule has 0 aromatic carbocycles. The number of carboxylic acids is 1. The average molecular weight is 171 g/mol. The highest BCUT2D eigenvalue weighted by atomic mass is 16.4. The third-order valence-corrected chi connectivity index (χ3v) is 1.46. The molecule has 0 bridgehead atoms. The summed E-state index contributed by atoms with van der Waals surface area (Å²) < 4.78 is 4.82. The minimum atomic E-state index is -1.63. The van der Waals surface area contributed by atoms with Crippen LogP contribution in [0.15, 0.2) is 22.8 Å². The summed E-state index contributed by atoms with van der Waals surface area (Å²) in [5.41, 5.74) is 5.36. The highest BCUT2D eigenvalue weighted by Gasteiger charge is 2.25. The van der Waals surface area contributed by atoms with Gasteiger partial charge in [-0.3, -0.25) is 0 Å². The predicted octanol–water partition coefficient (Wildman–Crippen LogP) is -0.275. The number of nitrogens with two attached hydrogens (primary N) is 1. The van der Waals surface area contributed by atoms with E-state index in [0.717, 1.165) is 0 Å². The standard InChI is InChI=1S/C7H9NO4/c8-5(6(9)7(10)11)4-2-1-3-12-4/h1-3,5-6,9H,8H2,(H,10,11). The van der Waals surface area contributed by atoms with Crippen LogP contribution in [0.25, 0.3) is 0 Å². The summed E-state index contributed by atoms with van der Waals surface area (Å²) in [5, 5.41) is 17.4. The van der Waals surface area contributed by atoms with Gasteiger partial charge in [-0.2, -0.15) is 0 Å². The first-order valence-electron chi connectivity index (χ1n) is 3.33. The number of hydrogen-bond donors (Lipinski definition) is 3. The Labute approximate surface area is 68.4 Å². The molecule has 1 aromatic rings. The van der Waals surface area contributed by atoms with Crippen LogP contribution >= 0.6 is 0 Å². The molecule has 5 heteroatoms. The van der Waals surface area contributed by atoms with E-state index in [0.29, 0.717) is 0 Å². The van der Waals surface area contributed by atoms with E-state index in [1.54, 1.807) is 6.07 Å². The van der Waals surface area contributed by atoms with Crippen molar-refractivity contribution in [2.45, 2.75) is 12.1 Å². The number of carbonyl (C=O) groups is 1. The SMILES string of the molecule is NC(c1ccco1)C(O)C(=O)O. The highest BCUT2D eigenvalue weighted by Crippen LogP contribution is 2.14. The summed E-state index contributed by atoms with van der Waals surface area (Å²) in [6.07, 6.45) is -0.264. The maximum Gasteiger partial charge on any atom is 0.334 e. The van der Waals surface area contributed by atoms with E-state index >= 15 is 0 Å². The van der Waals surface area contributed by atoms with Gasteiger partial charge in [0.1, 0.15) is 11.8 Å². The van der Waals surface area contributed by atoms with Crippen molar-refractivity contribution in [3.05, 3.63) is 24.2 Å². The van der Waals surface area contributed by atoms with Crippen LogP contribution in [0.2, 0.25) is 0 Å². The molecule has 2 unspecified atom stereocenters. The fourth-order valence-corrected chi connectivity index (χ4v) is 0.790. The monoisotopic (exact) mass is 171 g/mol. The van der Waals surface area contributed by atoms with Crippen LogP contribution in [0.3, 0.4) is 0 Å². The molecule has 0 aliphatic carbocycles. The van der Waals surface area contributed by atoms with Crippen LogP contribution in [0.4, 0.5) is 0 Å². The van der Waals surface area contributed by atoms with E-state index in [2.05, 4.69) is 0 Å². The molecule has 1 rings (SSSR count). The fourth-order valence-electron chi connectivity index (χ4n) is 0.790. The zero-order valence-electron chi connectivity index (χ0n) is 6.18. The molecule has 66 valence electrons. The molecule has 1 heterocycles. The second-order valence-corrected chi connectivity index (χ2v) is 2.32. The molecule has 5 nitrogen and oxygen atoms in total. The topological polar surface area (TPSA) is 96.7 Å². The fraction of sp³-hybridized carbons (Fsp3) is 0.286. The van der Waals surface area contributed by atoms with Crippen molar-refractivity contribution < 1.29 is 19.4 Å². The van der Waals surface area contributed by atoms with Gasteiger partial charge < -0.3 is 20.4 Å². The molecule has 2 atom stereocenters. The minimum Gasteiger partial charge on any atom is -0.479 e. The Morgan fingerprint density at radius 2 is 2.33 bits per heavy atom. The first-order valence-corrected chi connectivity index (χ1v) is 3.33.